The quantitative estimate of drug-likeness (QED) is 0.255. The van der Waals surface area contributed by atoms with Gasteiger partial charge in [-0.15, -0.1) is 0 Å². The Labute approximate surface area is 243 Å². The predicted molar refractivity (Wildman–Crippen MR) is 157 cm³/mol. The smallest absolute Gasteiger partial charge is 0.293 e. The van der Waals surface area contributed by atoms with Gasteiger partial charge in [-0.05, 0) is 72.7 Å². The molecule has 214 valence electrons. The van der Waals surface area contributed by atoms with Gasteiger partial charge >= 0.3 is 0 Å². The van der Waals surface area contributed by atoms with E-state index in [1.807, 2.05) is 39.8 Å². The van der Waals surface area contributed by atoms with Crippen LogP contribution in [0, 0.1) is 46.5 Å². The largest absolute Gasteiger partial charge is 0.489 e. The molecule has 9 heteroatoms. The molecule has 0 amide bonds. The molecule has 0 radical (unpaired) electrons. The highest BCUT2D eigenvalue weighted by Gasteiger charge is 2.46. The molecule has 1 aliphatic heterocycles. The Morgan fingerprint density at radius 2 is 1.83 bits per heavy atom. The molecule has 1 heterocycles. The lowest BCUT2D eigenvalue weighted by atomic mass is 9.68. The highest BCUT2D eigenvalue weighted by molar-refractivity contribution is 6.02. The summed E-state index contributed by atoms with van der Waals surface area (Å²) < 4.78 is 19.3. The Morgan fingerprint density at radius 1 is 1.14 bits per heavy atom. The average molecular weight is 567 g/mol. The van der Waals surface area contributed by atoms with Gasteiger partial charge in [-0.25, -0.2) is 4.39 Å². The Hall–Kier alpha value is -4.97. The van der Waals surface area contributed by atoms with Crippen LogP contribution in [0.3, 0.4) is 0 Å². The first-order chi connectivity index (χ1) is 19.9. The number of benzene rings is 3. The number of nitro benzene ring substituents is 1. The number of Topliss-reactive ketones (excluding diaryl/α,β-unsaturated/α-hetero) is 1. The van der Waals surface area contributed by atoms with Crippen LogP contribution in [-0.2, 0) is 11.4 Å². The number of halogens is 1. The van der Waals surface area contributed by atoms with Gasteiger partial charge in [0, 0.05) is 23.8 Å². The van der Waals surface area contributed by atoms with E-state index >= 15 is 0 Å². The molecule has 8 nitrogen and oxygen atoms in total. The number of nitriles is 1. The van der Waals surface area contributed by atoms with E-state index in [0.717, 1.165) is 22.3 Å². The number of para-hydroxylation sites is 2. The van der Waals surface area contributed by atoms with Crippen molar-refractivity contribution in [1.82, 2.24) is 0 Å². The Morgan fingerprint density at radius 3 is 2.50 bits per heavy atom. The van der Waals surface area contributed by atoms with Crippen molar-refractivity contribution in [3.05, 3.63) is 122 Å². The summed E-state index contributed by atoms with van der Waals surface area (Å²) in [5.74, 6) is -0.669. The van der Waals surface area contributed by atoms with Crippen molar-refractivity contribution in [2.45, 2.75) is 53.1 Å². The van der Waals surface area contributed by atoms with Gasteiger partial charge in [0.2, 0.25) is 0 Å². The molecule has 0 spiro atoms. The average Bonchev–Trinajstić information content (AvgIpc) is 2.93. The van der Waals surface area contributed by atoms with Gasteiger partial charge in [-0.1, -0.05) is 43.7 Å². The van der Waals surface area contributed by atoms with Crippen molar-refractivity contribution in [2.75, 3.05) is 4.90 Å². The second-order valence-corrected chi connectivity index (χ2v) is 11.6. The topological polar surface area (TPSA) is 122 Å². The Kier molecular flexibility index (Phi) is 7.33. The number of ether oxygens (including phenoxy) is 1. The van der Waals surface area contributed by atoms with Crippen molar-refractivity contribution in [1.29, 1.82) is 5.26 Å². The predicted octanol–water partition coefficient (Wildman–Crippen LogP) is 6.87. The lowest BCUT2D eigenvalue weighted by Gasteiger charge is -2.43. The number of anilines is 1. The van der Waals surface area contributed by atoms with E-state index in [-0.39, 0.29) is 47.4 Å². The number of carbonyl (C=O) groups excluding carboxylic acids is 1. The number of nitrogens with zero attached hydrogens (tertiary/aromatic N) is 3. The van der Waals surface area contributed by atoms with Crippen LogP contribution >= 0.6 is 0 Å². The van der Waals surface area contributed by atoms with Crippen LogP contribution in [0.4, 0.5) is 15.8 Å². The Bertz CT molecular complexity index is 1720. The van der Waals surface area contributed by atoms with Crippen LogP contribution < -0.4 is 15.4 Å². The second-order valence-electron chi connectivity index (χ2n) is 11.6. The minimum atomic E-state index is -0.753. The summed E-state index contributed by atoms with van der Waals surface area (Å²) in [6.45, 7) is 7.98. The van der Waals surface area contributed by atoms with E-state index in [4.69, 9.17) is 10.5 Å². The first-order valence-corrected chi connectivity index (χ1v) is 13.6. The van der Waals surface area contributed by atoms with Crippen LogP contribution in [0.15, 0.2) is 83.3 Å². The SMILES string of the molecule is Cc1cc(COc2ccc(F)cc2)c(C)c(C2C(C#N)=C(N)N(c3ccccc3[N+](=O)[O-])C3=C2C(=O)CC(C)(C)C3)c1. The summed E-state index contributed by atoms with van der Waals surface area (Å²) in [5.41, 5.74) is 10.8. The molecule has 5 rings (SSSR count). The van der Waals surface area contributed by atoms with Crippen molar-refractivity contribution in [3.8, 4) is 11.8 Å². The first-order valence-electron chi connectivity index (χ1n) is 13.6. The number of rotatable bonds is 6. The fourth-order valence-corrected chi connectivity index (χ4v) is 6.01. The third-order valence-electron chi connectivity index (χ3n) is 7.92. The molecule has 2 N–H and O–H groups in total. The number of allylic oxidation sites excluding steroid dienone is 3. The van der Waals surface area contributed by atoms with Crippen molar-refractivity contribution >= 4 is 17.2 Å². The third-order valence-corrected chi connectivity index (χ3v) is 7.92. The van der Waals surface area contributed by atoms with Crippen molar-refractivity contribution in [2.24, 2.45) is 11.1 Å². The van der Waals surface area contributed by atoms with Gasteiger partial charge < -0.3 is 10.5 Å². The molecular formula is C33H31FN4O4. The van der Waals surface area contributed by atoms with Crippen LogP contribution in [0.5, 0.6) is 5.75 Å². The van der Waals surface area contributed by atoms with Crippen LogP contribution in [0.1, 0.15) is 54.9 Å². The van der Waals surface area contributed by atoms with E-state index in [2.05, 4.69) is 6.07 Å². The zero-order chi connectivity index (χ0) is 30.3. The molecule has 1 unspecified atom stereocenters. The Balaban J connectivity index is 1.70. The van der Waals surface area contributed by atoms with E-state index in [1.54, 1.807) is 30.3 Å². The molecule has 2 aliphatic rings. The molecule has 0 aromatic heterocycles. The lowest BCUT2D eigenvalue weighted by molar-refractivity contribution is -0.384. The lowest BCUT2D eigenvalue weighted by Crippen LogP contribution is -2.42. The fourth-order valence-electron chi connectivity index (χ4n) is 6.01. The maximum atomic E-state index is 14.0. The number of aryl methyl sites for hydroxylation is 1. The highest BCUT2D eigenvalue weighted by atomic mass is 19.1. The molecule has 42 heavy (non-hydrogen) atoms. The molecular weight excluding hydrogens is 535 g/mol. The highest BCUT2D eigenvalue weighted by Crippen LogP contribution is 2.52. The summed E-state index contributed by atoms with van der Waals surface area (Å²) in [6, 6.07) is 18.1. The molecule has 0 saturated heterocycles. The summed E-state index contributed by atoms with van der Waals surface area (Å²) >= 11 is 0. The monoisotopic (exact) mass is 566 g/mol. The van der Waals surface area contributed by atoms with Crippen molar-refractivity contribution < 1.29 is 18.8 Å². The van der Waals surface area contributed by atoms with E-state index in [0.29, 0.717) is 23.4 Å². The third kappa shape index (κ3) is 5.12. The molecule has 1 aliphatic carbocycles. The van der Waals surface area contributed by atoms with Gasteiger partial charge in [0.25, 0.3) is 5.69 Å². The van der Waals surface area contributed by atoms with Gasteiger partial charge in [-0.3, -0.25) is 19.8 Å². The zero-order valence-electron chi connectivity index (χ0n) is 23.9. The molecule has 3 aromatic rings. The van der Waals surface area contributed by atoms with Crippen molar-refractivity contribution in [3.63, 3.8) is 0 Å². The number of nitrogens with two attached hydrogens (primary N) is 1. The van der Waals surface area contributed by atoms with Gasteiger partial charge in [-0.2, -0.15) is 5.26 Å². The molecule has 0 fully saturated rings. The maximum absolute atomic E-state index is 14.0. The summed E-state index contributed by atoms with van der Waals surface area (Å²) in [6.07, 6.45) is 0.693. The summed E-state index contributed by atoms with van der Waals surface area (Å²) in [4.78, 5) is 27.0. The number of ketones is 1. The molecule has 3 aromatic carbocycles. The number of nitro groups is 1. The first kappa shape index (κ1) is 28.6. The van der Waals surface area contributed by atoms with Crippen LogP contribution in [0.25, 0.3) is 0 Å². The molecule has 0 bridgehead atoms. The summed E-state index contributed by atoms with van der Waals surface area (Å²) in [7, 11) is 0. The normalized spacial score (nSPS) is 18.0. The number of hydrogen-bond acceptors (Lipinski definition) is 7. The van der Waals surface area contributed by atoms with Gasteiger partial charge in [0.1, 0.15) is 29.7 Å². The van der Waals surface area contributed by atoms with Crippen LogP contribution in [0.2, 0.25) is 0 Å². The van der Waals surface area contributed by atoms with Crippen LogP contribution in [-0.4, -0.2) is 10.7 Å². The standard InChI is InChI=1S/C33H31FN4O4/c1-19-13-21(18-42-23-11-9-22(34)10-12-23)20(2)24(14-19)30-25(17-35)32(36)37(26-7-5-6-8-27(26)38(40)41)28-15-33(3,4)16-29(39)31(28)30/h5-14,30H,15-16,18,36H2,1-4H3. The molecule has 1 atom stereocenters. The number of hydrogen-bond donors (Lipinski definition) is 1. The molecule has 0 saturated carbocycles. The number of carbonyl (C=O) groups is 1. The maximum Gasteiger partial charge on any atom is 0.293 e. The fraction of sp³-hybridized carbons (Fsp3) is 0.273. The van der Waals surface area contributed by atoms with E-state index in [9.17, 15) is 24.6 Å². The van der Waals surface area contributed by atoms with E-state index < -0.39 is 16.3 Å². The van der Waals surface area contributed by atoms with Gasteiger partial charge in [0.05, 0.1) is 22.5 Å². The zero-order valence-corrected chi connectivity index (χ0v) is 23.9. The second kappa shape index (κ2) is 10.8. The summed E-state index contributed by atoms with van der Waals surface area (Å²) in [5, 5.41) is 22.5. The minimum Gasteiger partial charge on any atom is -0.489 e. The minimum absolute atomic E-state index is 0.0612. The van der Waals surface area contributed by atoms with E-state index in [1.165, 1.54) is 23.1 Å². The van der Waals surface area contributed by atoms with Gasteiger partial charge in [0.15, 0.2) is 5.78 Å².